The molecule has 3 aromatic rings. The molecule has 0 radical (unpaired) electrons. The van der Waals surface area contributed by atoms with E-state index in [4.69, 9.17) is 17.3 Å². The van der Waals surface area contributed by atoms with Crippen LogP contribution in [0.5, 0.6) is 0 Å². The van der Waals surface area contributed by atoms with Crippen molar-refractivity contribution in [3.8, 4) is 0 Å². The highest BCUT2D eigenvalue weighted by molar-refractivity contribution is 9.10. The molecule has 21 heavy (non-hydrogen) atoms. The second-order valence-electron chi connectivity index (χ2n) is 4.57. The van der Waals surface area contributed by atoms with Crippen molar-refractivity contribution in [1.29, 1.82) is 0 Å². The monoisotopic (exact) mass is 387 g/mol. The van der Waals surface area contributed by atoms with Crippen LogP contribution in [0, 0.1) is 11.6 Å². The lowest BCUT2D eigenvalue weighted by molar-refractivity contribution is 0.577. The minimum atomic E-state index is -0.750. The van der Waals surface area contributed by atoms with E-state index in [-0.39, 0.29) is 10.6 Å². The Hall–Kier alpha value is -1.01. The van der Waals surface area contributed by atoms with Gasteiger partial charge in [0.25, 0.3) is 0 Å². The van der Waals surface area contributed by atoms with Gasteiger partial charge in [0.2, 0.25) is 0 Å². The molecule has 3 rings (SSSR count). The van der Waals surface area contributed by atoms with Crippen LogP contribution in [0.25, 0.3) is 10.1 Å². The van der Waals surface area contributed by atoms with Gasteiger partial charge in [-0.2, -0.15) is 0 Å². The van der Waals surface area contributed by atoms with Gasteiger partial charge in [0.15, 0.2) is 0 Å². The largest absolute Gasteiger partial charge is 0.320 e. The predicted octanol–water partition coefficient (Wildman–Crippen LogP) is 5.64. The summed E-state index contributed by atoms with van der Waals surface area (Å²) in [5.41, 5.74) is 6.99. The van der Waals surface area contributed by atoms with Gasteiger partial charge in [0.05, 0.1) is 11.1 Å². The van der Waals surface area contributed by atoms with Crippen molar-refractivity contribution in [2.45, 2.75) is 6.04 Å². The number of fused-ring (bicyclic) bond motifs is 1. The Labute approximate surface area is 137 Å². The topological polar surface area (TPSA) is 26.0 Å². The van der Waals surface area contributed by atoms with Crippen molar-refractivity contribution in [3.05, 3.63) is 68.0 Å². The van der Waals surface area contributed by atoms with Gasteiger partial charge < -0.3 is 5.73 Å². The third-order valence-electron chi connectivity index (χ3n) is 3.29. The van der Waals surface area contributed by atoms with E-state index in [0.29, 0.717) is 0 Å². The summed E-state index contributed by atoms with van der Waals surface area (Å²) < 4.78 is 29.6. The molecule has 0 saturated heterocycles. The quantitative estimate of drug-likeness (QED) is 0.565. The van der Waals surface area contributed by atoms with E-state index in [2.05, 4.69) is 15.9 Å². The van der Waals surface area contributed by atoms with Crippen LogP contribution in [-0.4, -0.2) is 0 Å². The molecule has 0 bridgehead atoms. The van der Waals surface area contributed by atoms with Crippen molar-refractivity contribution >= 4 is 49.0 Å². The van der Waals surface area contributed by atoms with E-state index in [9.17, 15) is 8.78 Å². The summed E-state index contributed by atoms with van der Waals surface area (Å²) in [5, 5.41) is 2.55. The molecular formula is C15H9BrClF2NS. The van der Waals surface area contributed by atoms with Gasteiger partial charge >= 0.3 is 0 Å². The number of rotatable bonds is 2. The molecule has 1 unspecified atom stereocenters. The zero-order chi connectivity index (χ0) is 15.1. The number of halogens is 4. The molecule has 0 amide bonds. The van der Waals surface area contributed by atoms with Crippen molar-refractivity contribution in [1.82, 2.24) is 0 Å². The highest BCUT2D eigenvalue weighted by Gasteiger charge is 2.20. The van der Waals surface area contributed by atoms with Crippen molar-refractivity contribution < 1.29 is 8.78 Å². The molecule has 0 aliphatic rings. The normalized spacial score (nSPS) is 12.8. The van der Waals surface area contributed by atoms with E-state index >= 15 is 0 Å². The van der Waals surface area contributed by atoms with Gasteiger partial charge in [-0.3, -0.25) is 0 Å². The van der Waals surface area contributed by atoms with Gasteiger partial charge in [0, 0.05) is 14.7 Å². The first kappa shape index (κ1) is 14.9. The van der Waals surface area contributed by atoms with E-state index in [1.165, 1.54) is 11.3 Å². The molecule has 0 saturated carbocycles. The second-order valence-corrected chi connectivity index (χ2v) is 6.71. The molecule has 0 fully saturated rings. The molecule has 0 aliphatic heterocycles. The zero-order valence-electron chi connectivity index (χ0n) is 10.5. The van der Waals surface area contributed by atoms with Crippen LogP contribution in [0.1, 0.15) is 17.2 Å². The average Bonchev–Trinajstić information content (AvgIpc) is 2.87. The minimum Gasteiger partial charge on any atom is -0.320 e. The maximum absolute atomic E-state index is 14.0. The molecule has 0 spiro atoms. The number of hydrogen-bond donors (Lipinski definition) is 1. The molecule has 1 heterocycles. The first-order chi connectivity index (χ1) is 9.99. The van der Waals surface area contributed by atoms with Crippen LogP contribution in [0.3, 0.4) is 0 Å². The smallest absolute Gasteiger partial charge is 0.142 e. The maximum Gasteiger partial charge on any atom is 0.142 e. The molecule has 1 nitrogen and oxygen atoms in total. The maximum atomic E-state index is 14.0. The third kappa shape index (κ3) is 2.59. The Bertz CT molecular complexity index is 834. The zero-order valence-corrected chi connectivity index (χ0v) is 13.7. The minimum absolute atomic E-state index is 0.0941. The van der Waals surface area contributed by atoms with Crippen LogP contribution < -0.4 is 5.73 Å². The van der Waals surface area contributed by atoms with Gasteiger partial charge in [-0.1, -0.05) is 23.7 Å². The Morgan fingerprint density at radius 3 is 2.67 bits per heavy atom. The summed E-state index contributed by atoms with van der Waals surface area (Å²) in [6, 6.07) is 6.99. The van der Waals surface area contributed by atoms with Crippen LogP contribution in [0.15, 0.2) is 40.2 Å². The van der Waals surface area contributed by atoms with Gasteiger partial charge in [-0.15, -0.1) is 11.3 Å². The fraction of sp³-hybridized carbons (Fsp3) is 0.0667. The summed E-state index contributed by atoms with van der Waals surface area (Å²) in [6.45, 7) is 0. The van der Waals surface area contributed by atoms with Gasteiger partial charge in [0.1, 0.15) is 11.6 Å². The fourth-order valence-corrected chi connectivity index (χ4v) is 4.04. The molecule has 6 heteroatoms. The van der Waals surface area contributed by atoms with Crippen molar-refractivity contribution in [2.75, 3.05) is 0 Å². The predicted molar refractivity (Wildman–Crippen MR) is 86.9 cm³/mol. The lowest BCUT2D eigenvalue weighted by Gasteiger charge is -2.13. The molecular weight excluding hydrogens is 380 g/mol. The summed E-state index contributed by atoms with van der Waals surface area (Å²) >= 11 is 10.5. The summed E-state index contributed by atoms with van der Waals surface area (Å²) in [6.07, 6.45) is 0. The standard InChI is InChI=1S/C15H9BrClF2NS/c16-10-3-1-2-7-9(6-21-15(7)10)14(20)8-4-13(19)11(17)5-12(8)18/h1-6,14H,20H2. The van der Waals surface area contributed by atoms with Crippen LogP contribution in [0.2, 0.25) is 5.02 Å². The van der Waals surface area contributed by atoms with Crippen molar-refractivity contribution in [2.24, 2.45) is 5.73 Å². The highest BCUT2D eigenvalue weighted by Crippen LogP contribution is 2.37. The Kier molecular flexibility index (Phi) is 4.01. The van der Waals surface area contributed by atoms with Gasteiger partial charge in [-0.05, 0) is 50.5 Å². The summed E-state index contributed by atoms with van der Waals surface area (Å²) in [5.74, 6) is -1.28. The highest BCUT2D eigenvalue weighted by atomic mass is 79.9. The second kappa shape index (κ2) is 5.65. The Morgan fingerprint density at radius 2 is 1.90 bits per heavy atom. The first-order valence-electron chi connectivity index (χ1n) is 6.04. The van der Waals surface area contributed by atoms with Crippen LogP contribution in [-0.2, 0) is 0 Å². The fourth-order valence-electron chi connectivity index (χ4n) is 2.23. The van der Waals surface area contributed by atoms with E-state index in [1.54, 1.807) is 0 Å². The Morgan fingerprint density at radius 1 is 1.14 bits per heavy atom. The SMILES string of the molecule is NC(c1cc(F)c(Cl)cc1F)c1csc2c(Br)cccc12. The molecule has 2 N–H and O–H groups in total. The van der Waals surface area contributed by atoms with Crippen molar-refractivity contribution in [3.63, 3.8) is 0 Å². The van der Waals surface area contributed by atoms with Crippen LogP contribution >= 0.6 is 38.9 Å². The lowest BCUT2D eigenvalue weighted by Crippen LogP contribution is -2.13. The third-order valence-corrected chi connectivity index (χ3v) is 5.55. The molecule has 108 valence electrons. The molecule has 1 aromatic heterocycles. The molecule has 1 atom stereocenters. The van der Waals surface area contributed by atoms with E-state index < -0.39 is 17.7 Å². The Balaban J connectivity index is 2.15. The first-order valence-corrected chi connectivity index (χ1v) is 8.09. The van der Waals surface area contributed by atoms with Gasteiger partial charge in [-0.25, -0.2) is 8.78 Å². The number of hydrogen-bond acceptors (Lipinski definition) is 2. The number of thiophene rings is 1. The van der Waals surface area contributed by atoms with Crippen LogP contribution in [0.4, 0.5) is 8.78 Å². The number of benzene rings is 2. The van der Waals surface area contributed by atoms with E-state index in [1.807, 2.05) is 23.6 Å². The van der Waals surface area contributed by atoms with E-state index in [0.717, 1.165) is 32.3 Å². The lowest BCUT2D eigenvalue weighted by atomic mass is 9.98. The summed E-state index contributed by atoms with van der Waals surface area (Å²) in [7, 11) is 0. The average molecular weight is 389 g/mol. The molecule has 0 aliphatic carbocycles. The number of nitrogens with two attached hydrogens (primary N) is 1. The summed E-state index contributed by atoms with van der Waals surface area (Å²) in [4.78, 5) is 0. The molecule has 2 aromatic carbocycles.